The van der Waals surface area contributed by atoms with Gasteiger partial charge in [-0.15, -0.1) is 0 Å². The van der Waals surface area contributed by atoms with Gasteiger partial charge in [0.05, 0.1) is 5.92 Å². The number of hydrogen-bond donors (Lipinski definition) is 3. The molecule has 0 aliphatic rings. The van der Waals surface area contributed by atoms with Gasteiger partial charge in [-0.25, -0.2) is 4.79 Å². The van der Waals surface area contributed by atoms with E-state index in [-0.39, 0.29) is 6.42 Å². The molecule has 0 spiro atoms. The first-order valence-electron chi connectivity index (χ1n) is 5.14. The van der Waals surface area contributed by atoms with Gasteiger partial charge >= 0.3 is 11.9 Å². The Morgan fingerprint density at radius 1 is 1.07 bits per heavy atom. The van der Waals surface area contributed by atoms with Crippen molar-refractivity contribution in [3.05, 3.63) is 0 Å². The van der Waals surface area contributed by atoms with Gasteiger partial charge in [0.15, 0.2) is 6.10 Å². The molecule has 5 nitrogen and oxygen atoms in total. The number of carbonyl (C=O) groups is 2. The maximum Gasteiger partial charge on any atom is 0.333 e. The van der Waals surface area contributed by atoms with Crippen molar-refractivity contribution in [3.8, 4) is 0 Å². The zero-order chi connectivity index (χ0) is 11.8. The van der Waals surface area contributed by atoms with Crippen LogP contribution >= 0.6 is 0 Å². The quantitative estimate of drug-likeness (QED) is 0.530. The zero-order valence-corrected chi connectivity index (χ0v) is 8.85. The normalized spacial score (nSPS) is 14.5. The Morgan fingerprint density at radius 2 is 1.67 bits per heavy atom. The third kappa shape index (κ3) is 5.37. The Balaban J connectivity index is 4.05. The summed E-state index contributed by atoms with van der Waals surface area (Å²) in [6.45, 7) is 2.03. The van der Waals surface area contributed by atoms with Crippen LogP contribution in [0.2, 0.25) is 0 Å². The van der Waals surface area contributed by atoms with Gasteiger partial charge in [-0.1, -0.05) is 32.6 Å². The molecule has 88 valence electrons. The van der Waals surface area contributed by atoms with E-state index in [9.17, 15) is 9.59 Å². The molecule has 2 unspecified atom stereocenters. The van der Waals surface area contributed by atoms with Crippen LogP contribution in [0, 0.1) is 5.92 Å². The Bertz CT molecular complexity index is 214. The molecule has 3 N–H and O–H groups in total. The van der Waals surface area contributed by atoms with Crippen molar-refractivity contribution in [2.75, 3.05) is 0 Å². The van der Waals surface area contributed by atoms with Gasteiger partial charge in [-0.05, 0) is 6.42 Å². The summed E-state index contributed by atoms with van der Waals surface area (Å²) in [5.74, 6) is -3.92. The number of rotatable bonds is 8. The summed E-state index contributed by atoms with van der Waals surface area (Å²) in [4.78, 5) is 21.1. The molecule has 0 rings (SSSR count). The van der Waals surface area contributed by atoms with Crippen molar-refractivity contribution < 1.29 is 24.9 Å². The molecule has 0 amide bonds. The molecule has 0 aromatic heterocycles. The van der Waals surface area contributed by atoms with E-state index in [1.165, 1.54) is 0 Å². The molecule has 0 radical (unpaired) electrons. The van der Waals surface area contributed by atoms with E-state index in [2.05, 4.69) is 0 Å². The number of aliphatic hydroxyl groups is 1. The van der Waals surface area contributed by atoms with Crippen molar-refractivity contribution in [1.29, 1.82) is 0 Å². The maximum absolute atomic E-state index is 10.7. The molecule has 0 saturated heterocycles. The predicted molar refractivity (Wildman–Crippen MR) is 53.5 cm³/mol. The van der Waals surface area contributed by atoms with E-state index in [1.54, 1.807) is 0 Å². The number of carboxylic acid groups (broad SMARTS) is 2. The van der Waals surface area contributed by atoms with Crippen molar-refractivity contribution in [1.82, 2.24) is 0 Å². The van der Waals surface area contributed by atoms with Crippen LogP contribution in [0.25, 0.3) is 0 Å². The predicted octanol–water partition coefficient (Wildman–Crippen LogP) is 1.10. The fraction of sp³-hybridized carbons (Fsp3) is 0.800. The molecule has 0 heterocycles. The van der Waals surface area contributed by atoms with E-state index >= 15 is 0 Å². The summed E-state index contributed by atoms with van der Waals surface area (Å²) in [6, 6.07) is 0. The first-order valence-corrected chi connectivity index (χ1v) is 5.14. The first kappa shape index (κ1) is 13.9. The Morgan fingerprint density at radius 3 is 2.07 bits per heavy atom. The summed E-state index contributed by atoms with van der Waals surface area (Å²) >= 11 is 0. The van der Waals surface area contributed by atoms with E-state index in [0.29, 0.717) is 6.42 Å². The molecule has 0 saturated carbocycles. The van der Waals surface area contributed by atoms with Gasteiger partial charge < -0.3 is 15.3 Å². The largest absolute Gasteiger partial charge is 0.481 e. The summed E-state index contributed by atoms with van der Waals surface area (Å²) in [6.07, 6.45) is 1.93. The molecule has 0 fully saturated rings. The topological polar surface area (TPSA) is 94.8 Å². The molecule has 2 atom stereocenters. The maximum atomic E-state index is 10.7. The number of aliphatic carboxylic acids is 2. The van der Waals surface area contributed by atoms with Crippen molar-refractivity contribution in [2.45, 2.75) is 45.1 Å². The Hall–Kier alpha value is -1.10. The number of unbranched alkanes of at least 4 members (excludes halogenated alkanes) is 3. The molecule has 0 bridgehead atoms. The molecular formula is C10H18O5. The van der Waals surface area contributed by atoms with Crippen LogP contribution in [0.1, 0.15) is 39.0 Å². The van der Waals surface area contributed by atoms with Crippen LogP contribution < -0.4 is 0 Å². The van der Waals surface area contributed by atoms with Crippen LogP contribution in [0.4, 0.5) is 0 Å². The minimum atomic E-state index is -1.80. The summed E-state index contributed by atoms with van der Waals surface area (Å²) < 4.78 is 0. The van der Waals surface area contributed by atoms with Crippen molar-refractivity contribution in [2.24, 2.45) is 5.92 Å². The monoisotopic (exact) mass is 218 g/mol. The summed E-state index contributed by atoms with van der Waals surface area (Å²) in [7, 11) is 0. The first-order chi connectivity index (χ1) is 7.00. The average molecular weight is 218 g/mol. The molecule has 0 aliphatic carbocycles. The minimum Gasteiger partial charge on any atom is -0.481 e. The van der Waals surface area contributed by atoms with Gasteiger partial charge in [0, 0.05) is 0 Å². The third-order valence-electron chi connectivity index (χ3n) is 2.32. The molecule has 0 aromatic carbocycles. The SMILES string of the molecule is CCCCCCC(C(=O)O)C(O)C(=O)O. The lowest BCUT2D eigenvalue weighted by Crippen LogP contribution is -2.34. The van der Waals surface area contributed by atoms with Gasteiger partial charge in [-0.2, -0.15) is 0 Å². The van der Waals surface area contributed by atoms with Crippen LogP contribution in [0.3, 0.4) is 0 Å². The lowest BCUT2D eigenvalue weighted by Gasteiger charge is -2.14. The molecule has 0 aromatic rings. The van der Waals surface area contributed by atoms with E-state index in [4.69, 9.17) is 15.3 Å². The van der Waals surface area contributed by atoms with Gasteiger partial charge in [0.25, 0.3) is 0 Å². The number of carboxylic acids is 2. The van der Waals surface area contributed by atoms with Crippen LogP contribution in [0.5, 0.6) is 0 Å². The molecule has 0 aliphatic heterocycles. The summed E-state index contributed by atoms with van der Waals surface area (Å²) in [5, 5.41) is 26.3. The Kier molecular flexibility index (Phi) is 6.70. The van der Waals surface area contributed by atoms with Crippen LogP contribution in [-0.4, -0.2) is 33.4 Å². The van der Waals surface area contributed by atoms with Crippen molar-refractivity contribution in [3.63, 3.8) is 0 Å². The van der Waals surface area contributed by atoms with Gasteiger partial charge in [0.1, 0.15) is 0 Å². The highest BCUT2D eigenvalue weighted by Crippen LogP contribution is 2.15. The van der Waals surface area contributed by atoms with Crippen molar-refractivity contribution >= 4 is 11.9 Å². The van der Waals surface area contributed by atoms with E-state index in [0.717, 1.165) is 19.3 Å². The van der Waals surface area contributed by atoms with Crippen LogP contribution in [0.15, 0.2) is 0 Å². The average Bonchev–Trinajstić information content (AvgIpc) is 2.16. The smallest absolute Gasteiger partial charge is 0.333 e. The highest BCUT2D eigenvalue weighted by molar-refractivity contribution is 5.81. The van der Waals surface area contributed by atoms with Gasteiger partial charge in [0.2, 0.25) is 0 Å². The fourth-order valence-electron chi connectivity index (χ4n) is 1.38. The molecule has 5 heteroatoms. The second kappa shape index (κ2) is 7.23. The zero-order valence-electron chi connectivity index (χ0n) is 8.85. The highest BCUT2D eigenvalue weighted by Gasteiger charge is 2.31. The number of hydrogen-bond acceptors (Lipinski definition) is 3. The Labute approximate surface area is 88.7 Å². The van der Waals surface area contributed by atoms with Gasteiger partial charge in [-0.3, -0.25) is 4.79 Å². The number of aliphatic hydroxyl groups excluding tert-OH is 1. The lowest BCUT2D eigenvalue weighted by atomic mass is 9.95. The molecule has 15 heavy (non-hydrogen) atoms. The standard InChI is InChI=1S/C10H18O5/c1-2-3-4-5-6-7(9(12)13)8(11)10(14)15/h7-8,11H,2-6H2,1H3,(H,12,13)(H,14,15). The molecular weight excluding hydrogens is 200 g/mol. The van der Waals surface area contributed by atoms with E-state index in [1.807, 2.05) is 6.92 Å². The minimum absolute atomic E-state index is 0.211. The van der Waals surface area contributed by atoms with E-state index < -0.39 is 24.0 Å². The van der Waals surface area contributed by atoms with Crippen LogP contribution in [-0.2, 0) is 9.59 Å². The second-order valence-corrected chi connectivity index (χ2v) is 3.58. The fourth-order valence-corrected chi connectivity index (χ4v) is 1.38. The third-order valence-corrected chi connectivity index (χ3v) is 2.32. The summed E-state index contributed by atoms with van der Waals surface area (Å²) in [5.41, 5.74) is 0. The highest BCUT2D eigenvalue weighted by atomic mass is 16.4. The second-order valence-electron chi connectivity index (χ2n) is 3.58. The lowest BCUT2D eigenvalue weighted by molar-refractivity contribution is -0.159.